The van der Waals surface area contributed by atoms with E-state index in [1.54, 1.807) is 6.07 Å². The standard InChI is InChI=1S/C13H9Br2ClN2O2/c14-10-3-1-8(5-11(10)15)7-17-12-6-9(16)2-4-13(12)18(19)20/h1-6,17H,7H2. The molecule has 0 fully saturated rings. The predicted octanol–water partition coefficient (Wildman–Crippen LogP) is 5.39. The molecule has 0 aliphatic carbocycles. The maximum absolute atomic E-state index is 11.0. The molecule has 0 heterocycles. The average Bonchev–Trinajstić information content (AvgIpc) is 2.40. The monoisotopic (exact) mass is 418 g/mol. The van der Waals surface area contributed by atoms with Crippen molar-refractivity contribution in [2.45, 2.75) is 6.54 Å². The van der Waals surface area contributed by atoms with Gasteiger partial charge in [0.05, 0.1) is 4.92 Å². The Labute approximate surface area is 137 Å². The number of nitro groups is 1. The molecule has 0 bridgehead atoms. The first kappa shape index (κ1) is 15.3. The van der Waals surface area contributed by atoms with Crippen molar-refractivity contribution in [1.82, 2.24) is 0 Å². The Bertz CT molecular complexity index is 665. The van der Waals surface area contributed by atoms with Crippen molar-refractivity contribution in [3.05, 3.63) is 66.0 Å². The quantitative estimate of drug-likeness (QED) is 0.533. The van der Waals surface area contributed by atoms with Gasteiger partial charge in [0.2, 0.25) is 0 Å². The van der Waals surface area contributed by atoms with Gasteiger partial charge < -0.3 is 5.32 Å². The van der Waals surface area contributed by atoms with E-state index >= 15 is 0 Å². The topological polar surface area (TPSA) is 55.2 Å². The lowest BCUT2D eigenvalue weighted by Crippen LogP contribution is -2.02. The predicted molar refractivity (Wildman–Crippen MR) is 87.3 cm³/mol. The van der Waals surface area contributed by atoms with Gasteiger partial charge in [0.25, 0.3) is 5.69 Å². The molecule has 0 saturated carbocycles. The molecule has 104 valence electrons. The van der Waals surface area contributed by atoms with Crippen molar-refractivity contribution in [1.29, 1.82) is 0 Å². The third kappa shape index (κ3) is 3.71. The second kappa shape index (κ2) is 6.56. The summed E-state index contributed by atoms with van der Waals surface area (Å²) >= 11 is 12.7. The SMILES string of the molecule is O=[N+]([O-])c1ccc(Cl)cc1NCc1ccc(Br)c(Br)c1. The van der Waals surface area contributed by atoms with Crippen LogP contribution in [0.3, 0.4) is 0 Å². The van der Waals surface area contributed by atoms with Crippen LogP contribution in [0.4, 0.5) is 11.4 Å². The van der Waals surface area contributed by atoms with Gasteiger partial charge in [-0.1, -0.05) is 17.7 Å². The molecule has 0 aromatic heterocycles. The smallest absolute Gasteiger partial charge is 0.292 e. The Morgan fingerprint density at radius 1 is 1.15 bits per heavy atom. The highest BCUT2D eigenvalue weighted by molar-refractivity contribution is 9.13. The van der Waals surface area contributed by atoms with Gasteiger partial charge in [0, 0.05) is 26.6 Å². The molecule has 2 aromatic rings. The maximum Gasteiger partial charge on any atom is 0.292 e. The molecule has 0 aliphatic heterocycles. The van der Waals surface area contributed by atoms with Crippen LogP contribution in [0.2, 0.25) is 5.02 Å². The lowest BCUT2D eigenvalue weighted by molar-refractivity contribution is -0.384. The number of nitro benzene ring substituents is 1. The average molecular weight is 420 g/mol. The molecule has 0 radical (unpaired) electrons. The first-order chi connectivity index (χ1) is 9.47. The molecule has 0 atom stereocenters. The number of nitrogens with one attached hydrogen (secondary N) is 1. The summed E-state index contributed by atoms with van der Waals surface area (Å²) in [5, 5.41) is 14.4. The zero-order valence-corrected chi connectivity index (χ0v) is 14.0. The van der Waals surface area contributed by atoms with Crippen LogP contribution >= 0.6 is 43.5 Å². The molecule has 0 aliphatic rings. The number of rotatable bonds is 4. The molecule has 0 unspecified atom stereocenters. The van der Waals surface area contributed by atoms with E-state index in [1.807, 2.05) is 18.2 Å². The van der Waals surface area contributed by atoms with E-state index in [2.05, 4.69) is 37.2 Å². The summed E-state index contributed by atoms with van der Waals surface area (Å²) in [5.41, 5.74) is 1.40. The van der Waals surface area contributed by atoms with Gasteiger partial charge in [0.1, 0.15) is 5.69 Å². The Morgan fingerprint density at radius 2 is 1.90 bits per heavy atom. The van der Waals surface area contributed by atoms with Gasteiger partial charge in [-0.15, -0.1) is 0 Å². The van der Waals surface area contributed by atoms with Crippen LogP contribution in [0.15, 0.2) is 45.3 Å². The number of anilines is 1. The fraction of sp³-hybridized carbons (Fsp3) is 0.0769. The molecule has 0 saturated heterocycles. The lowest BCUT2D eigenvalue weighted by Gasteiger charge is -2.08. The number of hydrogen-bond donors (Lipinski definition) is 1. The molecule has 0 spiro atoms. The van der Waals surface area contributed by atoms with Gasteiger partial charge in [-0.3, -0.25) is 10.1 Å². The van der Waals surface area contributed by atoms with E-state index < -0.39 is 4.92 Å². The van der Waals surface area contributed by atoms with E-state index in [0.717, 1.165) is 14.5 Å². The van der Waals surface area contributed by atoms with E-state index in [4.69, 9.17) is 11.6 Å². The second-order valence-electron chi connectivity index (χ2n) is 4.02. The fourth-order valence-corrected chi connectivity index (χ4v) is 2.50. The first-order valence-electron chi connectivity index (χ1n) is 5.59. The highest BCUT2D eigenvalue weighted by Crippen LogP contribution is 2.29. The van der Waals surface area contributed by atoms with Crippen molar-refractivity contribution in [3.8, 4) is 0 Å². The second-order valence-corrected chi connectivity index (χ2v) is 6.17. The largest absolute Gasteiger partial charge is 0.375 e. The summed E-state index contributed by atoms with van der Waals surface area (Å²) in [6.07, 6.45) is 0. The van der Waals surface area contributed by atoms with E-state index in [-0.39, 0.29) is 5.69 Å². The Kier molecular flexibility index (Phi) is 5.01. The lowest BCUT2D eigenvalue weighted by atomic mass is 10.2. The van der Waals surface area contributed by atoms with Gasteiger partial charge in [-0.25, -0.2) is 0 Å². The van der Waals surface area contributed by atoms with Crippen LogP contribution in [0.25, 0.3) is 0 Å². The third-order valence-electron chi connectivity index (χ3n) is 2.62. The van der Waals surface area contributed by atoms with Gasteiger partial charge >= 0.3 is 0 Å². The van der Waals surface area contributed by atoms with Crippen LogP contribution < -0.4 is 5.32 Å². The van der Waals surface area contributed by atoms with Crippen LogP contribution in [0.1, 0.15) is 5.56 Å². The zero-order valence-electron chi connectivity index (χ0n) is 10.1. The minimum Gasteiger partial charge on any atom is -0.375 e. The molecule has 4 nitrogen and oxygen atoms in total. The highest BCUT2D eigenvalue weighted by atomic mass is 79.9. The van der Waals surface area contributed by atoms with Crippen molar-refractivity contribution in [2.75, 3.05) is 5.32 Å². The molecule has 20 heavy (non-hydrogen) atoms. The highest BCUT2D eigenvalue weighted by Gasteiger charge is 2.13. The third-order valence-corrected chi connectivity index (χ3v) is 4.74. The molecular weight excluding hydrogens is 411 g/mol. The summed E-state index contributed by atoms with van der Waals surface area (Å²) in [6, 6.07) is 10.2. The van der Waals surface area contributed by atoms with Gasteiger partial charge in [-0.05, 0) is 61.7 Å². The summed E-state index contributed by atoms with van der Waals surface area (Å²) in [6.45, 7) is 0.465. The van der Waals surface area contributed by atoms with Crippen LogP contribution in [-0.2, 0) is 6.54 Å². The van der Waals surface area contributed by atoms with Crippen LogP contribution in [0, 0.1) is 10.1 Å². The van der Waals surface area contributed by atoms with E-state index in [0.29, 0.717) is 17.3 Å². The maximum atomic E-state index is 11.0. The Hall–Kier alpha value is -1.11. The number of nitrogens with zero attached hydrogens (tertiary/aromatic N) is 1. The number of halogens is 3. The Balaban J connectivity index is 2.20. The van der Waals surface area contributed by atoms with E-state index in [9.17, 15) is 10.1 Å². The number of hydrogen-bond acceptors (Lipinski definition) is 3. The summed E-state index contributed by atoms with van der Waals surface area (Å²) in [5.74, 6) is 0. The summed E-state index contributed by atoms with van der Waals surface area (Å²) in [4.78, 5) is 10.5. The Morgan fingerprint density at radius 3 is 2.55 bits per heavy atom. The minimum absolute atomic E-state index is 0.00516. The molecule has 7 heteroatoms. The first-order valence-corrected chi connectivity index (χ1v) is 7.55. The van der Waals surface area contributed by atoms with Gasteiger partial charge in [0.15, 0.2) is 0 Å². The molecule has 0 amide bonds. The molecule has 2 aromatic carbocycles. The molecular formula is C13H9Br2ClN2O2. The van der Waals surface area contributed by atoms with Crippen molar-refractivity contribution >= 4 is 54.8 Å². The normalized spacial score (nSPS) is 10.3. The summed E-state index contributed by atoms with van der Waals surface area (Å²) < 4.78 is 1.88. The van der Waals surface area contributed by atoms with Crippen molar-refractivity contribution in [2.24, 2.45) is 0 Å². The number of benzene rings is 2. The van der Waals surface area contributed by atoms with Gasteiger partial charge in [-0.2, -0.15) is 0 Å². The molecule has 2 rings (SSSR count). The zero-order chi connectivity index (χ0) is 14.7. The van der Waals surface area contributed by atoms with Crippen LogP contribution in [-0.4, -0.2) is 4.92 Å². The van der Waals surface area contributed by atoms with Crippen LogP contribution in [0.5, 0.6) is 0 Å². The van der Waals surface area contributed by atoms with E-state index in [1.165, 1.54) is 12.1 Å². The summed E-state index contributed by atoms with van der Waals surface area (Å²) in [7, 11) is 0. The molecule has 1 N–H and O–H groups in total. The van der Waals surface area contributed by atoms with Crippen molar-refractivity contribution < 1.29 is 4.92 Å². The minimum atomic E-state index is -0.434. The fourth-order valence-electron chi connectivity index (χ4n) is 1.66. The van der Waals surface area contributed by atoms with Crippen molar-refractivity contribution in [3.63, 3.8) is 0 Å².